The van der Waals surface area contributed by atoms with E-state index >= 15 is 0 Å². The van der Waals surface area contributed by atoms with Crippen LogP contribution in [0.15, 0.2) is 23.1 Å². The fourth-order valence-corrected chi connectivity index (χ4v) is 2.02. The van der Waals surface area contributed by atoms with Crippen molar-refractivity contribution in [2.24, 2.45) is 0 Å². The van der Waals surface area contributed by atoms with Crippen LogP contribution in [0.3, 0.4) is 0 Å². The van der Waals surface area contributed by atoms with Crippen molar-refractivity contribution < 1.29 is 31.5 Å². The number of hydrogen-bond acceptors (Lipinski definition) is 3. The van der Waals surface area contributed by atoms with Crippen molar-refractivity contribution in [3.8, 4) is 5.75 Å². The van der Waals surface area contributed by atoms with Crippen LogP contribution in [0, 0.1) is 0 Å². The first-order valence-corrected chi connectivity index (χ1v) is 5.82. The standard InChI is InChI=1S/C11H9F5O2S/c1-6(17)4-7-2-3-8(18-10(12)13)9(5-7)19-11(14,15)16/h2-3,5,10H,4H2,1H3. The Kier molecular flexibility index (Phi) is 5.16. The number of carbonyl (C=O) groups is 1. The van der Waals surface area contributed by atoms with Crippen LogP contribution in [-0.4, -0.2) is 17.9 Å². The monoisotopic (exact) mass is 300 g/mol. The van der Waals surface area contributed by atoms with Gasteiger partial charge in [-0.25, -0.2) is 0 Å². The largest absolute Gasteiger partial charge is 0.446 e. The minimum atomic E-state index is -4.63. The fourth-order valence-electron chi connectivity index (χ4n) is 1.35. The molecule has 1 aromatic rings. The second-order valence-electron chi connectivity index (χ2n) is 3.59. The van der Waals surface area contributed by atoms with Gasteiger partial charge in [0.1, 0.15) is 11.5 Å². The van der Waals surface area contributed by atoms with Gasteiger partial charge >= 0.3 is 12.1 Å². The number of ketones is 1. The first-order chi connectivity index (χ1) is 8.67. The van der Waals surface area contributed by atoms with Crippen molar-refractivity contribution in [1.29, 1.82) is 0 Å². The summed E-state index contributed by atoms with van der Waals surface area (Å²) in [6.45, 7) is -1.94. The van der Waals surface area contributed by atoms with Gasteiger partial charge in [-0.05, 0) is 36.4 Å². The van der Waals surface area contributed by atoms with Gasteiger partial charge in [0.25, 0.3) is 0 Å². The molecule has 0 aliphatic rings. The van der Waals surface area contributed by atoms with E-state index in [-0.39, 0.29) is 12.2 Å². The van der Waals surface area contributed by atoms with Crippen molar-refractivity contribution in [1.82, 2.24) is 0 Å². The SMILES string of the molecule is CC(=O)Cc1ccc(OC(F)F)c(SC(F)(F)F)c1. The average Bonchev–Trinajstić information content (AvgIpc) is 2.18. The molecular formula is C11H9F5O2S. The molecule has 0 radical (unpaired) electrons. The lowest BCUT2D eigenvalue weighted by molar-refractivity contribution is -0.116. The molecule has 1 aromatic carbocycles. The Morgan fingerprint density at radius 3 is 2.47 bits per heavy atom. The van der Waals surface area contributed by atoms with Gasteiger partial charge in [-0.1, -0.05) is 6.07 Å². The molecule has 0 bridgehead atoms. The number of halogens is 5. The van der Waals surface area contributed by atoms with Crippen molar-refractivity contribution in [2.75, 3.05) is 0 Å². The molecule has 0 amide bonds. The van der Waals surface area contributed by atoms with Crippen LogP contribution < -0.4 is 4.74 Å². The quantitative estimate of drug-likeness (QED) is 0.606. The Morgan fingerprint density at radius 2 is 2.00 bits per heavy atom. The first kappa shape index (κ1) is 15.7. The summed E-state index contributed by atoms with van der Waals surface area (Å²) >= 11 is -0.559. The lowest BCUT2D eigenvalue weighted by atomic mass is 10.1. The van der Waals surface area contributed by atoms with E-state index in [0.717, 1.165) is 12.1 Å². The van der Waals surface area contributed by atoms with Crippen molar-refractivity contribution in [3.05, 3.63) is 23.8 Å². The summed E-state index contributed by atoms with van der Waals surface area (Å²) in [6, 6.07) is 3.30. The molecule has 0 unspecified atom stereocenters. The molecule has 106 valence electrons. The molecule has 0 fully saturated rings. The van der Waals surface area contributed by atoms with Crippen LogP contribution in [0.25, 0.3) is 0 Å². The second-order valence-corrected chi connectivity index (χ2v) is 4.69. The summed E-state index contributed by atoms with van der Waals surface area (Å²) in [6.07, 6.45) is -0.0691. The molecule has 19 heavy (non-hydrogen) atoms. The number of ether oxygens (including phenoxy) is 1. The maximum Gasteiger partial charge on any atom is 0.446 e. The van der Waals surface area contributed by atoms with E-state index in [1.54, 1.807) is 0 Å². The summed E-state index contributed by atoms with van der Waals surface area (Å²) in [5.41, 5.74) is -4.32. The van der Waals surface area contributed by atoms with Crippen molar-refractivity contribution in [3.63, 3.8) is 0 Å². The van der Waals surface area contributed by atoms with Gasteiger partial charge in [-0.3, -0.25) is 4.79 Å². The van der Waals surface area contributed by atoms with E-state index in [1.807, 2.05) is 0 Å². The summed E-state index contributed by atoms with van der Waals surface area (Å²) < 4.78 is 65.1. The summed E-state index contributed by atoms with van der Waals surface area (Å²) in [5.74, 6) is -0.810. The maximum atomic E-state index is 12.3. The van der Waals surface area contributed by atoms with Gasteiger partial charge in [-0.15, -0.1) is 0 Å². The average molecular weight is 300 g/mol. The predicted octanol–water partition coefficient (Wildman–Crippen LogP) is 4.03. The Bertz CT molecular complexity index is 459. The third kappa shape index (κ3) is 5.91. The van der Waals surface area contributed by atoms with Crippen LogP contribution >= 0.6 is 11.8 Å². The Balaban J connectivity index is 3.06. The lowest BCUT2D eigenvalue weighted by Gasteiger charge is -2.13. The zero-order chi connectivity index (χ0) is 14.6. The van der Waals surface area contributed by atoms with E-state index in [0.29, 0.717) is 5.56 Å². The fraction of sp³-hybridized carbons (Fsp3) is 0.364. The molecule has 0 saturated heterocycles. The topological polar surface area (TPSA) is 26.3 Å². The minimum absolute atomic E-state index is 0.0691. The smallest absolute Gasteiger partial charge is 0.434 e. The van der Waals surface area contributed by atoms with E-state index < -0.39 is 34.5 Å². The first-order valence-electron chi connectivity index (χ1n) is 5.00. The van der Waals surface area contributed by atoms with Crippen LogP contribution in [-0.2, 0) is 11.2 Å². The zero-order valence-corrected chi connectivity index (χ0v) is 10.4. The molecule has 0 aromatic heterocycles. The molecule has 8 heteroatoms. The van der Waals surface area contributed by atoms with E-state index in [1.165, 1.54) is 13.0 Å². The molecule has 0 atom stereocenters. The molecular weight excluding hydrogens is 291 g/mol. The number of benzene rings is 1. The van der Waals surface area contributed by atoms with Gasteiger partial charge in [0, 0.05) is 6.42 Å². The molecule has 0 spiro atoms. The molecule has 0 saturated carbocycles. The highest BCUT2D eigenvalue weighted by atomic mass is 32.2. The third-order valence-corrected chi connectivity index (χ3v) is 2.67. The predicted molar refractivity (Wildman–Crippen MR) is 59.4 cm³/mol. The zero-order valence-electron chi connectivity index (χ0n) is 9.63. The van der Waals surface area contributed by atoms with Gasteiger partial charge < -0.3 is 4.74 Å². The van der Waals surface area contributed by atoms with Crippen LogP contribution in [0.4, 0.5) is 22.0 Å². The summed E-state index contributed by atoms with van der Waals surface area (Å²) in [4.78, 5) is 10.4. The van der Waals surface area contributed by atoms with Crippen LogP contribution in [0.1, 0.15) is 12.5 Å². The highest BCUT2D eigenvalue weighted by molar-refractivity contribution is 8.00. The molecule has 1 rings (SSSR count). The van der Waals surface area contributed by atoms with Crippen molar-refractivity contribution in [2.45, 2.75) is 30.4 Å². The molecule has 0 heterocycles. The van der Waals surface area contributed by atoms with Crippen molar-refractivity contribution >= 4 is 17.5 Å². The summed E-state index contributed by atoms with van der Waals surface area (Å²) in [7, 11) is 0. The Morgan fingerprint density at radius 1 is 1.37 bits per heavy atom. The number of rotatable bonds is 5. The van der Waals surface area contributed by atoms with E-state index in [4.69, 9.17) is 0 Å². The number of alkyl halides is 5. The maximum absolute atomic E-state index is 12.3. The van der Waals surface area contributed by atoms with Gasteiger partial charge in [0.05, 0.1) is 4.90 Å². The number of carbonyl (C=O) groups excluding carboxylic acids is 1. The Hall–Kier alpha value is -1.31. The highest BCUT2D eigenvalue weighted by Gasteiger charge is 2.31. The van der Waals surface area contributed by atoms with Gasteiger partial charge in [-0.2, -0.15) is 22.0 Å². The number of Topliss-reactive ketones (excluding diaryl/α,β-unsaturated/α-hetero) is 1. The molecule has 0 aliphatic heterocycles. The third-order valence-electron chi connectivity index (χ3n) is 1.90. The Labute approximate surface area is 109 Å². The van der Waals surface area contributed by atoms with Gasteiger partial charge in [0.2, 0.25) is 0 Å². The van der Waals surface area contributed by atoms with Gasteiger partial charge in [0.15, 0.2) is 0 Å². The van der Waals surface area contributed by atoms with E-state index in [9.17, 15) is 26.7 Å². The minimum Gasteiger partial charge on any atom is -0.434 e. The lowest BCUT2D eigenvalue weighted by Crippen LogP contribution is -2.06. The molecule has 2 nitrogen and oxygen atoms in total. The highest BCUT2D eigenvalue weighted by Crippen LogP contribution is 2.42. The molecule has 0 aliphatic carbocycles. The number of thioether (sulfide) groups is 1. The van der Waals surface area contributed by atoms with E-state index in [2.05, 4.69) is 4.74 Å². The normalized spacial score (nSPS) is 11.7. The number of hydrogen-bond donors (Lipinski definition) is 0. The molecule has 0 N–H and O–H groups in total. The van der Waals surface area contributed by atoms with Crippen LogP contribution in [0.5, 0.6) is 5.75 Å². The van der Waals surface area contributed by atoms with Crippen LogP contribution in [0.2, 0.25) is 0 Å². The second kappa shape index (κ2) is 6.23. The summed E-state index contributed by atoms with van der Waals surface area (Å²) in [5, 5.41) is 0.